The van der Waals surface area contributed by atoms with Gasteiger partial charge in [-0.05, 0) is 125 Å². The fraction of sp³-hybridized carbons (Fsp3) is 0.667. The van der Waals surface area contributed by atoms with E-state index in [1.807, 2.05) is 12.1 Å². The van der Waals surface area contributed by atoms with E-state index < -0.39 is 0 Å². The molecular formula is C30H36N4O2. The van der Waals surface area contributed by atoms with Gasteiger partial charge in [0.05, 0.1) is 22.0 Å². The lowest BCUT2D eigenvalue weighted by molar-refractivity contribution is -0.140. The van der Waals surface area contributed by atoms with Crippen molar-refractivity contribution in [1.82, 2.24) is 9.97 Å². The molecule has 8 aliphatic carbocycles. The Morgan fingerprint density at radius 3 is 1.67 bits per heavy atom. The number of anilines is 2. The Bertz CT molecular complexity index is 1200. The first-order chi connectivity index (χ1) is 17.5. The van der Waals surface area contributed by atoms with Gasteiger partial charge in [-0.1, -0.05) is 0 Å². The molecule has 1 heterocycles. The molecule has 36 heavy (non-hydrogen) atoms. The molecule has 2 aromatic rings. The molecular weight excluding hydrogens is 448 g/mol. The van der Waals surface area contributed by atoms with Crippen LogP contribution in [0.1, 0.15) is 77.0 Å². The fourth-order valence-electron chi connectivity index (χ4n) is 10.6. The molecule has 2 amide bonds. The minimum Gasteiger partial charge on any atom is -0.326 e. The van der Waals surface area contributed by atoms with E-state index >= 15 is 0 Å². The van der Waals surface area contributed by atoms with Crippen LogP contribution in [0.4, 0.5) is 11.4 Å². The zero-order valence-electron chi connectivity index (χ0n) is 21.0. The van der Waals surface area contributed by atoms with Crippen molar-refractivity contribution in [2.45, 2.75) is 77.0 Å². The summed E-state index contributed by atoms with van der Waals surface area (Å²) < 4.78 is 0. The van der Waals surface area contributed by atoms with Crippen LogP contribution >= 0.6 is 0 Å². The van der Waals surface area contributed by atoms with E-state index in [0.717, 1.165) is 72.9 Å². The van der Waals surface area contributed by atoms with Crippen LogP contribution in [0, 0.1) is 46.3 Å². The van der Waals surface area contributed by atoms with Crippen LogP contribution < -0.4 is 10.6 Å². The molecule has 6 heteroatoms. The Kier molecular flexibility index (Phi) is 4.50. The van der Waals surface area contributed by atoms with Crippen LogP contribution in [0.5, 0.6) is 0 Å². The summed E-state index contributed by atoms with van der Waals surface area (Å²) in [4.78, 5) is 36.3. The van der Waals surface area contributed by atoms with Crippen LogP contribution in [0.3, 0.4) is 0 Å². The van der Waals surface area contributed by atoms with Crippen molar-refractivity contribution in [2.75, 3.05) is 10.6 Å². The van der Waals surface area contributed by atoms with Gasteiger partial charge in [-0.3, -0.25) is 9.59 Å². The molecule has 8 bridgehead atoms. The highest BCUT2D eigenvalue weighted by molar-refractivity contribution is 6.05. The number of nitrogens with one attached hydrogen (secondary N) is 2. The third kappa shape index (κ3) is 3.28. The van der Waals surface area contributed by atoms with Gasteiger partial charge in [0.2, 0.25) is 11.8 Å². The summed E-state index contributed by atoms with van der Waals surface area (Å²) in [5.41, 5.74) is 1.76. The van der Waals surface area contributed by atoms with E-state index in [9.17, 15) is 9.59 Å². The van der Waals surface area contributed by atoms with Crippen molar-refractivity contribution in [3.8, 4) is 0 Å². The van der Waals surface area contributed by atoms with Crippen molar-refractivity contribution < 1.29 is 9.59 Å². The molecule has 6 nitrogen and oxygen atoms in total. The molecule has 1 aromatic carbocycles. The molecule has 8 fully saturated rings. The lowest BCUT2D eigenvalue weighted by atomic mass is 9.49. The van der Waals surface area contributed by atoms with Crippen LogP contribution in [0.25, 0.3) is 10.9 Å². The average molecular weight is 485 g/mol. The van der Waals surface area contributed by atoms with Gasteiger partial charge in [0.15, 0.2) is 0 Å². The maximum atomic E-state index is 13.8. The van der Waals surface area contributed by atoms with Crippen LogP contribution in [0.15, 0.2) is 24.7 Å². The molecule has 8 aliphatic rings. The highest BCUT2D eigenvalue weighted by Crippen LogP contribution is 2.61. The van der Waals surface area contributed by atoms with E-state index in [0.29, 0.717) is 23.4 Å². The molecule has 0 radical (unpaired) electrons. The van der Waals surface area contributed by atoms with Crippen molar-refractivity contribution in [2.24, 2.45) is 46.3 Å². The monoisotopic (exact) mass is 484 g/mol. The molecule has 0 atom stereocenters. The standard InChI is InChI=1S/C30H36N4O2/c35-27(29-9-17-1-18(10-29)3-19(2-17)11-29)33-24-7-23-15-31-16-32-26(23)25(8-24)34-28(36)30-12-20-4-21(13-30)6-22(5-20)14-30/h7-8,15-22H,1-6,9-14H2,(H,33,35)(H,34,36). The Labute approximate surface area is 212 Å². The Hall–Kier alpha value is -2.50. The van der Waals surface area contributed by atoms with Crippen LogP contribution in [0.2, 0.25) is 0 Å². The number of hydrogen-bond acceptors (Lipinski definition) is 4. The summed E-state index contributed by atoms with van der Waals surface area (Å²) in [6.45, 7) is 0. The SMILES string of the molecule is O=C(Nc1cc(NC(=O)C23CC4CC(CC(C4)C2)C3)c2ncncc2c1)C12CC3CC(CC(C3)C1)C2. The maximum absolute atomic E-state index is 13.8. The number of carbonyl (C=O) groups is 2. The van der Waals surface area contributed by atoms with Crippen molar-refractivity contribution >= 4 is 34.1 Å². The molecule has 0 unspecified atom stereocenters. The third-order valence-corrected chi connectivity index (χ3v) is 11.2. The van der Waals surface area contributed by atoms with Gasteiger partial charge < -0.3 is 10.6 Å². The molecule has 1 aromatic heterocycles. The molecule has 0 aliphatic heterocycles. The summed E-state index contributed by atoms with van der Waals surface area (Å²) in [6, 6.07) is 3.90. The second-order valence-electron chi connectivity index (χ2n) is 13.8. The normalized spacial score (nSPS) is 41.6. The van der Waals surface area contributed by atoms with E-state index in [4.69, 9.17) is 0 Å². The third-order valence-electron chi connectivity index (χ3n) is 11.2. The highest BCUT2D eigenvalue weighted by atomic mass is 16.2. The number of hydrogen-bond donors (Lipinski definition) is 2. The number of aromatic nitrogens is 2. The van der Waals surface area contributed by atoms with E-state index in [1.165, 1.54) is 44.9 Å². The van der Waals surface area contributed by atoms with Gasteiger partial charge in [-0.15, -0.1) is 0 Å². The van der Waals surface area contributed by atoms with Gasteiger partial charge in [-0.2, -0.15) is 0 Å². The quantitative estimate of drug-likeness (QED) is 0.563. The Balaban J connectivity index is 1.09. The number of benzene rings is 1. The van der Waals surface area contributed by atoms with Gasteiger partial charge in [0.1, 0.15) is 6.33 Å². The number of carbonyl (C=O) groups excluding carboxylic acids is 2. The first-order valence-electron chi connectivity index (χ1n) is 14.3. The smallest absolute Gasteiger partial charge is 0.230 e. The minimum atomic E-state index is -0.230. The van der Waals surface area contributed by atoms with Gasteiger partial charge in [-0.25, -0.2) is 9.97 Å². The minimum absolute atomic E-state index is 0.158. The first kappa shape index (κ1) is 21.6. The molecule has 0 spiro atoms. The molecule has 10 rings (SSSR count). The van der Waals surface area contributed by atoms with E-state index in [2.05, 4.69) is 20.6 Å². The zero-order valence-corrected chi connectivity index (χ0v) is 21.0. The summed E-state index contributed by atoms with van der Waals surface area (Å²) >= 11 is 0. The second kappa shape index (κ2) is 7.52. The predicted molar refractivity (Wildman–Crippen MR) is 138 cm³/mol. The lowest BCUT2D eigenvalue weighted by Crippen LogP contribution is -2.52. The van der Waals surface area contributed by atoms with Crippen molar-refractivity contribution in [1.29, 1.82) is 0 Å². The van der Waals surface area contributed by atoms with E-state index in [-0.39, 0.29) is 22.6 Å². The molecule has 188 valence electrons. The largest absolute Gasteiger partial charge is 0.326 e. The summed E-state index contributed by atoms with van der Waals surface area (Å²) in [6.07, 6.45) is 17.4. The summed E-state index contributed by atoms with van der Waals surface area (Å²) in [7, 11) is 0. The zero-order chi connectivity index (χ0) is 24.1. The van der Waals surface area contributed by atoms with Crippen LogP contribution in [-0.2, 0) is 9.59 Å². The Morgan fingerprint density at radius 2 is 1.17 bits per heavy atom. The number of rotatable bonds is 4. The van der Waals surface area contributed by atoms with Crippen LogP contribution in [-0.4, -0.2) is 21.8 Å². The molecule has 2 N–H and O–H groups in total. The second-order valence-corrected chi connectivity index (χ2v) is 13.8. The fourth-order valence-corrected chi connectivity index (χ4v) is 10.6. The van der Waals surface area contributed by atoms with Gasteiger partial charge in [0.25, 0.3) is 0 Å². The van der Waals surface area contributed by atoms with Gasteiger partial charge >= 0.3 is 0 Å². The first-order valence-corrected chi connectivity index (χ1v) is 14.3. The molecule has 8 saturated carbocycles. The lowest BCUT2D eigenvalue weighted by Gasteiger charge is -2.55. The number of fused-ring (bicyclic) bond motifs is 1. The average Bonchev–Trinajstić information content (AvgIpc) is 2.82. The summed E-state index contributed by atoms with van der Waals surface area (Å²) in [5.74, 6) is 4.65. The maximum Gasteiger partial charge on any atom is 0.230 e. The number of amides is 2. The topological polar surface area (TPSA) is 84.0 Å². The number of nitrogens with zero attached hydrogens (tertiary/aromatic N) is 2. The Morgan fingerprint density at radius 1 is 0.694 bits per heavy atom. The van der Waals surface area contributed by atoms with Crippen molar-refractivity contribution in [3.05, 3.63) is 24.7 Å². The van der Waals surface area contributed by atoms with Crippen molar-refractivity contribution in [3.63, 3.8) is 0 Å². The predicted octanol–water partition coefficient (Wildman–Crippen LogP) is 5.94. The van der Waals surface area contributed by atoms with E-state index in [1.54, 1.807) is 6.20 Å². The summed E-state index contributed by atoms with van der Waals surface area (Å²) in [5, 5.41) is 7.45. The van der Waals surface area contributed by atoms with Gasteiger partial charge in [0, 0.05) is 17.3 Å². The highest BCUT2D eigenvalue weighted by Gasteiger charge is 2.56. The molecule has 0 saturated heterocycles.